The van der Waals surface area contributed by atoms with Gasteiger partial charge in [0.25, 0.3) is 0 Å². The van der Waals surface area contributed by atoms with Crippen LogP contribution in [0.1, 0.15) is 0 Å². The Kier molecular flexibility index (Phi) is 5.01. The van der Waals surface area contributed by atoms with Gasteiger partial charge < -0.3 is 4.98 Å². The first-order chi connectivity index (χ1) is 4.20. The van der Waals surface area contributed by atoms with E-state index < -0.39 is 0 Å². The van der Waals surface area contributed by atoms with Crippen LogP contribution in [0.25, 0.3) is 0 Å². The summed E-state index contributed by atoms with van der Waals surface area (Å²) in [6.07, 6.45) is 1.47. The first kappa shape index (κ1) is 10.8. The first-order valence-corrected chi connectivity index (χ1v) is 3.64. The number of aromatic nitrogens is 1. The van der Waals surface area contributed by atoms with Crippen molar-refractivity contribution in [3.63, 3.8) is 0 Å². The van der Waals surface area contributed by atoms with Crippen LogP contribution in [0.4, 0.5) is 0 Å². The molecular formula is C5HBrCl2LiN. The van der Waals surface area contributed by atoms with Gasteiger partial charge in [-0.1, -0.05) is 11.2 Å². The summed E-state index contributed by atoms with van der Waals surface area (Å²) in [5.41, 5.74) is 0. The molecule has 0 bridgehead atoms. The molecule has 0 atom stereocenters. The molecule has 1 nitrogen and oxygen atoms in total. The molecule has 0 saturated heterocycles. The zero-order valence-corrected chi connectivity index (χ0v) is 8.26. The van der Waals surface area contributed by atoms with Gasteiger partial charge in [0.1, 0.15) is 0 Å². The Labute approximate surface area is 89.4 Å². The van der Waals surface area contributed by atoms with E-state index >= 15 is 0 Å². The predicted molar refractivity (Wildman–Crippen MR) is 40.8 cm³/mol. The molecule has 0 amide bonds. The minimum atomic E-state index is 0. The third-order valence-electron chi connectivity index (χ3n) is 0.702. The van der Waals surface area contributed by atoms with Crippen molar-refractivity contribution in [1.29, 1.82) is 0 Å². The van der Waals surface area contributed by atoms with Gasteiger partial charge in [0.05, 0.1) is 0 Å². The molecule has 0 aliphatic carbocycles. The summed E-state index contributed by atoms with van der Waals surface area (Å²) in [6, 6.07) is 2.66. The Hall–Kier alpha value is 0.807. The molecule has 0 spiro atoms. The van der Waals surface area contributed by atoms with Crippen molar-refractivity contribution >= 4 is 39.1 Å². The van der Waals surface area contributed by atoms with E-state index in [9.17, 15) is 0 Å². The van der Waals surface area contributed by atoms with Crippen molar-refractivity contribution in [2.24, 2.45) is 0 Å². The maximum atomic E-state index is 5.56. The quantitative estimate of drug-likeness (QED) is 0.348. The van der Waals surface area contributed by atoms with Gasteiger partial charge in [-0.2, -0.15) is 0 Å². The van der Waals surface area contributed by atoms with E-state index in [4.69, 9.17) is 23.2 Å². The van der Waals surface area contributed by atoms with E-state index in [1.54, 1.807) is 0 Å². The number of pyridine rings is 1. The molecule has 1 aromatic heterocycles. The summed E-state index contributed by atoms with van der Waals surface area (Å²) in [7, 11) is 0. The first-order valence-electron chi connectivity index (χ1n) is 2.09. The van der Waals surface area contributed by atoms with Crippen LogP contribution in [0.3, 0.4) is 0 Å². The molecule has 0 radical (unpaired) electrons. The third-order valence-corrected chi connectivity index (χ3v) is 2.00. The molecule has 1 heterocycles. The molecule has 1 rings (SSSR count). The molecule has 5 heteroatoms. The smallest absolute Gasteiger partial charge is 0.373 e. The third kappa shape index (κ3) is 2.82. The molecule has 0 fully saturated rings. The molecule has 0 aliphatic rings. The molecule has 10 heavy (non-hydrogen) atoms. The van der Waals surface area contributed by atoms with E-state index in [-0.39, 0.29) is 18.9 Å². The van der Waals surface area contributed by atoms with E-state index in [0.717, 1.165) is 0 Å². The zero-order valence-electron chi connectivity index (χ0n) is 5.16. The molecule has 0 N–H and O–H groups in total. The van der Waals surface area contributed by atoms with Gasteiger partial charge >= 0.3 is 18.9 Å². The van der Waals surface area contributed by atoms with Crippen LogP contribution in [-0.2, 0) is 0 Å². The number of rotatable bonds is 0. The summed E-state index contributed by atoms with van der Waals surface area (Å²) in [5, 5.41) is 0.825. The van der Waals surface area contributed by atoms with Gasteiger partial charge in [0.2, 0.25) is 0 Å². The van der Waals surface area contributed by atoms with Gasteiger partial charge in [-0.25, -0.2) is 0 Å². The monoisotopic (exact) mass is 231 g/mol. The van der Waals surface area contributed by atoms with E-state index in [1.165, 1.54) is 6.20 Å². The largest absolute Gasteiger partial charge is 1.00 e. The summed E-state index contributed by atoms with van der Waals surface area (Å²) in [4.78, 5) is 3.80. The van der Waals surface area contributed by atoms with Crippen molar-refractivity contribution in [3.05, 3.63) is 26.9 Å². The SMILES string of the molecule is Clc1[c-]c(Cl)c(Br)nc1.[Li+]. The van der Waals surface area contributed by atoms with Crippen LogP contribution in [-0.4, -0.2) is 4.98 Å². The van der Waals surface area contributed by atoms with E-state index in [2.05, 4.69) is 27.0 Å². The van der Waals surface area contributed by atoms with E-state index in [0.29, 0.717) is 14.6 Å². The van der Waals surface area contributed by atoms with Crippen molar-refractivity contribution in [2.75, 3.05) is 0 Å². The van der Waals surface area contributed by atoms with Gasteiger partial charge in [-0.15, -0.1) is 45.2 Å². The summed E-state index contributed by atoms with van der Waals surface area (Å²) >= 11 is 14.2. The Morgan fingerprint density at radius 3 is 2.50 bits per heavy atom. The molecule has 0 aromatic carbocycles. The Bertz CT molecular complexity index is 231. The fourth-order valence-corrected chi connectivity index (χ4v) is 0.902. The predicted octanol–water partition coefficient (Wildman–Crippen LogP) is -0.0449. The fraction of sp³-hybridized carbons (Fsp3) is 0. The minimum Gasteiger partial charge on any atom is -0.373 e. The van der Waals surface area contributed by atoms with Gasteiger partial charge in [-0.3, -0.25) is 0 Å². The molecular weight excluding hydrogens is 232 g/mol. The van der Waals surface area contributed by atoms with Crippen LogP contribution >= 0.6 is 39.1 Å². The minimum absolute atomic E-state index is 0. The maximum absolute atomic E-state index is 5.56. The van der Waals surface area contributed by atoms with Crippen LogP contribution < -0.4 is 18.9 Å². The zero-order chi connectivity index (χ0) is 6.85. The van der Waals surface area contributed by atoms with Crippen LogP contribution in [0.5, 0.6) is 0 Å². The van der Waals surface area contributed by atoms with Gasteiger partial charge in [-0.05, 0) is 5.02 Å². The topological polar surface area (TPSA) is 12.9 Å². The summed E-state index contributed by atoms with van der Waals surface area (Å²) in [6.45, 7) is 0. The van der Waals surface area contributed by atoms with Crippen molar-refractivity contribution in [2.45, 2.75) is 0 Å². The second-order valence-corrected chi connectivity index (χ2v) is 2.87. The molecule has 48 valence electrons. The normalized spacial score (nSPS) is 8.70. The van der Waals surface area contributed by atoms with Crippen LogP contribution in [0, 0.1) is 6.07 Å². The van der Waals surface area contributed by atoms with E-state index in [1.807, 2.05) is 0 Å². The summed E-state index contributed by atoms with van der Waals surface area (Å²) < 4.78 is 0.563. The molecule has 1 aromatic rings. The molecule has 0 unspecified atom stereocenters. The Morgan fingerprint density at radius 1 is 1.50 bits per heavy atom. The Balaban J connectivity index is 0.000000810. The van der Waals surface area contributed by atoms with Gasteiger partial charge in [0.15, 0.2) is 0 Å². The second kappa shape index (κ2) is 4.64. The molecule has 0 aliphatic heterocycles. The van der Waals surface area contributed by atoms with Crippen molar-refractivity contribution in [3.8, 4) is 0 Å². The van der Waals surface area contributed by atoms with Crippen LogP contribution in [0.2, 0.25) is 10.0 Å². The fourth-order valence-electron chi connectivity index (χ4n) is 0.359. The van der Waals surface area contributed by atoms with Crippen LogP contribution in [0.15, 0.2) is 10.8 Å². The van der Waals surface area contributed by atoms with Gasteiger partial charge in [0, 0.05) is 4.60 Å². The number of nitrogens with zero attached hydrogens (tertiary/aromatic N) is 1. The number of hydrogen-bond donors (Lipinski definition) is 0. The number of halogens is 3. The van der Waals surface area contributed by atoms with Crippen molar-refractivity contribution < 1.29 is 18.9 Å². The van der Waals surface area contributed by atoms with Crippen molar-refractivity contribution in [1.82, 2.24) is 4.98 Å². The molecule has 0 saturated carbocycles. The second-order valence-electron chi connectivity index (χ2n) is 1.34. The average molecular weight is 233 g/mol. The average Bonchev–Trinajstić information content (AvgIpc) is 1.80. The summed E-state index contributed by atoms with van der Waals surface area (Å²) in [5.74, 6) is 0. The maximum Gasteiger partial charge on any atom is 1.00 e. The Morgan fingerprint density at radius 2 is 2.10 bits per heavy atom. The standard InChI is InChI=1S/C5HBrCl2N.Li/c6-5-4(8)1-3(7)2-9-5;/h2H;/q-1;+1. The number of hydrogen-bond acceptors (Lipinski definition) is 1.